The molecule has 0 radical (unpaired) electrons. The van der Waals surface area contributed by atoms with Gasteiger partial charge in [0.1, 0.15) is 0 Å². The normalized spacial score (nSPS) is 20.4. The molecule has 1 saturated heterocycles. The number of likely N-dealkylation sites (N-methyl/N-ethyl adjacent to an activating group) is 1. The molecule has 0 aromatic carbocycles. The standard InChI is InChI=1S/C13H24N4O/c1-3-16-7-4-5-12(16)11-15-13-14-6-8-17(13)9-10-18-2/h6,8,12H,3-5,7,9-11H2,1-2H3,(H,14,15). The lowest BCUT2D eigenvalue weighted by Crippen LogP contribution is -2.35. The highest BCUT2D eigenvalue weighted by Gasteiger charge is 2.22. The van der Waals surface area contributed by atoms with Gasteiger partial charge in [-0.15, -0.1) is 0 Å². The molecule has 0 bridgehead atoms. The molecular weight excluding hydrogens is 228 g/mol. The van der Waals surface area contributed by atoms with Crippen molar-refractivity contribution in [3.05, 3.63) is 12.4 Å². The smallest absolute Gasteiger partial charge is 0.202 e. The van der Waals surface area contributed by atoms with E-state index < -0.39 is 0 Å². The van der Waals surface area contributed by atoms with Gasteiger partial charge in [0, 0.05) is 38.6 Å². The van der Waals surface area contributed by atoms with Gasteiger partial charge in [-0.05, 0) is 25.9 Å². The SMILES string of the molecule is CCN1CCCC1CNc1nccn1CCOC. The number of nitrogens with zero attached hydrogens (tertiary/aromatic N) is 3. The maximum absolute atomic E-state index is 5.10. The molecule has 0 saturated carbocycles. The number of nitrogens with one attached hydrogen (secondary N) is 1. The molecule has 5 heteroatoms. The summed E-state index contributed by atoms with van der Waals surface area (Å²) in [5.74, 6) is 0.954. The van der Waals surface area contributed by atoms with E-state index in [1.165, 1.54) is 19.4 Å². The van der Waals surface area contributed by atoms with Gasteiger partial charge in [0.25, 0.3) is 0 Å². The molecular formula is C13H24N4O. The average molecular weight is 252 g/mol. The Bertz CT molecular complexity index is 353. The number of hydrogen-bond acceptors (Lipinski definition) is 4. The molecule has 0 amide bonds. The zero-order chi connectivity index (χ0) is 12.8. The van der Waals surface area contributed by atoms with E-state index in [9.17, 15) is 0 Å². The number of methoxy groups -OCH3 is 1. The van der Waals surface area contributed by atoms with Crippen LogP contribution in [0.5, 0.6) is 0 Å². The molecule has 5 nitrogen and oxygen atoms in total. The Balaban J connectivity index is 1.84. The molecule has 2 rings (SSSR count). The van der Waals surface area contributed by atoms with Crippen LogP contribution in [0.25, 0.3) is 0 Å². The van der Waals surface area contributed by atoms with Crippen molar-refractivity contribution >= 4 is 5.95 Å². The summed E-state index contributed by atoms with van der Waals surface area (Å²) in [6.07, 6.45) is 6.44. The monoisotopic (exact) mass is 252 g/mol. The van der Waals surface area contributed by atoms with Crippen molar-refractivity contribution in [1.82, 2.24) is 14.5 Å². The van der Waals surface area contributed by atoms with Crippen molar-refractivity contribution in [3.8, 4) is 0 Å². The van der Waals surface area contributed by atoms with E-state index in [0.29, 0.717) is 6.04 Å². The molecule has 1 aliphatic rings. The van der Waals surface area contributed by atoms with Crippen LogP contribution < -0.4 is 5.32 Å². The Hall–Kier alpha value is -1.07. The highest BCUT2D eigenvalue weighted by molar-refractivity contribution is 5.26. The fraction of sp³-hybridized carbons (Fsp3) is 0.769. The second-order valence-electron chi connectivity index (χ2n) is 4.74. The van der Waals surface area contributed by atoms with E-state index in [4.69, 9.17) is 4.74 Å². The predicted octanol–water partition coefficient (Wildman–Crippen LogP) is 1.43. The van der Waals surface area contributed by atoms with Crippen LogP contribution in [0.1, 0.15) is 19.8 Å². The van der Waals surface area contributed by atoms with Crippen molar-refractivity contribution < 1.29 is 4.74 Å². The average Bonchev–Trinajstić information content (AvgIpc) is 3.02. The van der Waals surface area contributed by atoms with Crippen LogP contribution in [0.15, 0.2) is 12.4 Å². The molecule has 102 valence electrons. The second kappa shape index (κ2) is 6.75. The number of rotatable bonds is 7. The maximum Gasteiger partial charge on any atom is 0.202 e. The van der Waals surface area contributed by atoms with Gasteiger partial charge in [-0.1, -0.05) is 6.92 Å². The first-order chi connectivity index (χ1) is 8.85. The summed E-state index contributed by atoms with van der Waals surface area (Å²) >= 11 is 0. The van der Waals surface area contributed by atoms with Gasteiger partial charge < -0.3 is 14.6 Å². The summed E-state index contributed by atoms with van der Waals surface area (Å²) in [6, 6.07) is 0.655. The van der Waals surface area contributed by atoms with Crippen LogP contribution >= 0.6 is 0 Å². The number of likely N-dealkylation sites (tertiary alicyclic amines) is 1. The molecule has 1 N–H and O–H groups in total. The first-order valence-electron chi connectivity index (χ1n) is 6.83. The van der Waals surface area contributed by atoms with Crippen molar-refractivity contribution in [2.24, 2.45) is 0 Å². The van der Waals surface area contributed by atoms with E-state index in [-0.39, 0.29) is 0 Å². The fourth-order valence-electron chi connectivity index (χ4n) is 2.60. The van der Waals surface area contributed by atoms with Crippen molar-refractivity contribution in [1.29, 1.82) is 0 Å². The molecule has 1 fully saturated rings. The summed E-state index contributed by atoms with van der Waals surface area (Å²) in [4.78, 5) is 6.90. The minimum absolute atomic E-state index is 0.655. The summed E-state index contributed by atoms with van der Waals surface area (Å²) in [5.41, 5.74) is 0. The van der Waals surface area contributed by atoms with Crippen LogP contribution in [0.2, 0.25) is 0 Å². The van der Waals surface area contributed by atoms with Crippen LogP contribution in [-0.2, 0) is 11.3 Å². The first kappa shape index (κ1) is 13.4. The lowest BCUT2D eigenvalue weighted by molar-refractivity contribution is 0.187. The van der Waals surface area contributed by atoms with Crippen LogP contribution in [-0.4, -0.2) is 53.8 Å². The Kier molecular flexibility index (Phi) is 5.01. The summed E-state index contributed by atoms with van der Waals surface area (Å²) in [7, 11) is 1.72. The number of anilines is 1. The van der Waals surface area contributed by atoms with Crippen molar-refractivity contribution in [2.45, 2.75) is 32.4 Å². The molecule has 1 unspecified atom stereocenters. The zero-order valence-corrected chi connectivity index (χ0v) is 11.4. The van der Waals surface area contributed by atoms with Crippen LogP contribution in [0, 0.1) is 0 Å². The molecule has 1 aromatic rings. The lowest BCUT2D eigenvalue weighted by Gasteiger charge is -2.23. The van der Waals surface area contributed by atoms with E-state index in [2.05, 4.69) is 26.7 Å². The summed E-state index contributed by atoms with van der Waals surface area (Å²) in [5, 5.41) is 3.46. The van der Waals surface area contributed by atoms with Crippen molar-refractivity contribution in [2.75, 3.05) is 38.7 Å². The first-order valence-corrected chi connectivity index (χ1v) is 6.83. The van der Waals surface area contributed by atoms with Crippen LogP contribution in [0.3, 0.4) is 0 Å². The van der Waals surface area contributed by atoms with E-state index in [1.807, 2.05) is 12.4 Å². The van der Waals surface area contributed by atoms with Gasteiger partial charge >= 0.3 is 0 Å². The summed E-state index contributed by atoms with van der Waals surface area (Å²) < 4.78 is 7.20. The number of aromatic nitrogens is 2. The Morgan fingerprint density at radius 2 is 2.44 bits per heavy atom. The van der Waals surface area contributed by atoms with E-state index in [0.717, 1.165) is 32.2 Å². The third-order valence-electron chi connectivity index (χ3n) is 3.65. The Labute approximate surface area is 109 Å². The molecule has 2 heterocycles. The molecule has 0 spiro atoms. The van der Waals surface area contributed by atoms with Gasteiger partial charge in [-0.2, -0.15) is 0 Å². The number of imidazole rings is 1. The number of ether oxygens (including phenoxy) is 1. The molecule has 1 atom stereocenters. The molecule has 1 aliphatic heterocycles. The second-order valence-corrected chi connectivity index (χ2v) is 4.74. The summed E-state index contributed by atoms with van der Waals surface area (Å²) in [6.45, 7) is 7.16. The van der Waals surface area contributed by atoms with E-state index in [1.54, 1.807) is 7.11 Å². The third-order valence-corrected chi connectivity index (χ3v) is 3.65. The highest BCUT2D eigenvalue weighted by atomic mass is 16.5. The lowest BCUT2D eigenvalue weighted by atomic mass is 10.2. The number of hydrogen-bond donors (Lipinski definition) is 1. The Morgan fingerprint density at radius 1 is 1.56 bits per heavy atom. The predicted molar refractivity (Wildman–Crippen MR) is 72.9 cm³/mol. The minimum atomic E-state index is 0.655. The van der Waals surface area contributed by atoms with Crippen molar-refractivity contribution in [3.63, 3.8) is 0 Å². The third kappa shape index (κ3) is 3.23. The van der Waals surface area contributed by atoms with Gasteiger partial charge in [0.15, 0.2) is 0 Å². The molecule has 0 aliphatic carbocycles. The fourth-order valence-corrected chi connectivity index (χ4v) is 2.60. The van der Waals surface area contributed by atoms with Gasteiger partial charge in [0.05, 0.1) is 6.61 Å². The largest absolute Gasteiger partial charge is 0.383 e. The molecule has 1 aromatic heterocycles. The minimum Gasteiger partial charge on any atom is -0.383 e. The van der Waals surface area contributed by atoms with Gasteiger partial charge in [-0.3, -0.25) is 4.90 Å². The topological polar surface area (TPSA) is 42.3 Å². The molecule has 18 heavy (non-hydrogen) atoms. The van der Waals surface area contributed by atoms with Crippen LogP contribution in [0.4, 0.5) is 5.95 Å². The quantitative estimate of drug-likeness (QED) is 0.797. The highest BCUT2D eigenvalue weighted by Crippen LogP contribution is 2.17. The Morgan fingerprint density at radius 3 is 3.22 bits per heavy atom. The van der Waals surface area contributed by atoms with Gasteiger partial charge in [0.2, 0.25) is 5.95 Å². The van der Waals surface area contributed by atoms with Gasteiger partial charge in [-0.25, -0.2) is 4.98 Å². The van der Waals surface area contributed by atoms with E-state index >= 15 is 0 Å². The zero-order valence-electron chi connectivity index (χ0n) is 11.4. The maximum atomic E-state index is 5.10.